The van der Waals surface area contributed by atoms with Gasteiger partial charge in [0.2, 0.25) is 0 Å². The van der Waals surface area contributed by atoms with Crippen molar-refractivity contribution in [3.63, 3.8) is 0 Å². The number of amides is 1. The molecule has 0 aliphatic rings. The number of hydrogen-bond acceptors (Lipinski definition) is 5. The molecule has 0 aliphatic carbocycles. The summed E-state index contributed by atoms with van der Waals surface area (Å²) >= 11 is 1.44. The highest BCUT2D eigenvalue weighted by Crippen LogP contribution is 2.39. The lowest BCUT2D eigenvalue weighted by Gasteiger charge is -2.02. The summed E-state index contributed by atoms with van der Waals surface area (Å²) in [7, 11) is 1.57. The van der Waals surface area contributed by atoms with Crippen LogP contribution in [0.4, 0.5) is 5.13 Å². The van der Waals surface area contributed by atoms with Gasteiger partial charge in [0.25, 0.3) is 5.91 Å². The molecule has 0 unspecified atom stereocenters. The highest BCUT2D eigenvalue weighted by atomic mass is 32.1. The summed E-state index contributed by atoms with van der Waals surface area (Å²) in [5.74, 6) is 0.437. The number of carbonyl (C=O) groups excluding carboxylic acids is 1. The van der Waals surface area contributed by atoms with Gasteiger partial charge in [0, 0.05) is 10.9 Å². The topological polar surface area (TPSA) is 64.4 Å². The van der Waals surface area contributed by atoms with Crippen molar-refractivity contribution in [3.8, 4) is 27.4 Å². The molecular weight excluding hydrogens is 408 g/mol. The maximum atomic E-state index is 12.9. The number of para-hydroxylation sites is 1. The Morgan fingerprint density at radius 2 is 1.65 bits per heavy atom. The largest absolute Gasteiger partial charge is 0.493 e. The first-order valence-electron chi connectivity index (χ1n) is 9.72. The van der Waals surface area contributed by atoms with Crippen LogP contribution in [0.5, 0.6) is 5.75 Å². The van der Waals surface area contributed by atoms with Crippen LogP contribution in [-0.4, -0.2) is 18.0 Å². The quantitative estimate of drug-likeness (QED) is 0.349. The predicted octanol–water partition coefficient (Wildman–Crippen LogP) is 6.48. The van der Waals surface area contributed by atoms with E-state index in [1.807, 2.05) is 72.8 Å². The molecule has 5 aromatic rings. The molecular formula is C25H18N2O3S. The molecule has 5 nitrogen and oxygen atoms in total. The molecule has 6 heteroatoms. The average molecular weight is 426 g/mol. The lowest BCUT2D eigenvalue weighted by molar-refractivity contribution is 0.0998. The molecule has 5 rings (SSSR count). The van der Waals surface area contributed by atoms with E-state index in [0.29, 0.717) is 16.5 Å². The summed E-state index contributed by atoms with van der Waals surface area (Å²) in [6.07, 6.45) is 0. The molecule has 0 saturated heterocycles. The third-order valence-electron chi connectivity index (χ3n) is 4.88. The smallest absolute Gasteiger partial charge is 0.293 e. The second-order valence-corrected chi connectivity index (χ2v) is 7.87. The molecule has 0 radical (unpaired) electrons. The van der Waals surface area contributed by atoms with Crippen molar-refractivity contribution in [2.45, 2.75) is 0 Å². The number of carbonyl (C=O) groups is 1. The van der Waals surface area contributed by atoms with E-state index in [4.69, 9.17) is 14.1 Å². The second-order valence-electron chi connectivity index (χ2n) is 6.87. The zero-order valence-electron chi connectivity index (χ0n) is 16.7. The number of thiazole rings is 1. The number of ether oxygens (including phenoxy) is 1. The minimum Gasteiger partial charge on any atom is -0.493 e. The van der Waals surface area contributed by atoms with Crippen molar-refractivity contribution in [1.29, 1.82) is 0 Å². The molecule has 2 heterocycles. The maximum Gasteiger partial charge on any atom is 0.293 e. The first-order chi connectivity index (χ1) is 15.2. The van der Waals surface area contributed by atoms with Crippen molar-refractivity contribution in [2.75, 3.05) is 12.4 Å². The molecule has 0 bridgehead atoms. The summed E-state index contributed by atoms with van der Waals surface area (Å²) in [5.41, 5.74) is 3.42. The Kier molecular flexibility index (Phi) is 4.98. The Bertz CT molecular complexity index is 1300. The van der Waals surface area contributed by atoms with Gasteiger partial charge in [-0.2, -0.15) is 0 Å². The van der Waals surface area contributed by atoms with Gasteiger partial charge in [0.1, 0.15) is 0 Å². The highest BCUT2D eigenvalue weighted by molar-refractivity contribution is 7.19. The van der Waals surface area contributed by atoms with E-state index in [1.54, 1.807) is 19.2 Å². The van der Waals surface area contributed by atoms with Gasteiger partial charge >= 0.3 is 0 Å². The molecule has 1 amide bonds. The van der Waals surface area contributed by atoms with Gasteiger partial charge in [-0.1, -0.05) is 84.1 Å². The van der Waals surface area contributed by atoms with Gasteiger partial charge < -0.3 is 9.15 Å². The highest BCUT2D eigenvalue weighted by Gasteiger charge is 2.19. The molecule has 0 atom stereocenters. The molecule has 2 aromatic heterocycles. The van der Waals surface area contributed by atoms with Crippen LogP contribution in [0.15, 0.2) is 89.3 Å². The summed E-state index contributed by atoms with van der Waals surface area (Å²) in [6, 6.07) is 27.2. The lowest BCUT2D eigenvalue weighted by atomic mass is 10.1. The Morgan fingerprint density at radius 1 is 0.935 bits per heavy atom. The summed E-state index contributed by atoms with van der Waals surface area (Å²) < 4.78 is 11.1. The number of benzene rings is 3. The molecule has 0 aliphatic heterocycles. The average Bonchev–Trinajstić information content (AvgIpc) is 3.45. The molecule has 152 valence electrons. The molecule has 0 fully saturated rings. The van der Waals surface area contributed by atoms with Crippen LogP contribution >= 0.6 is 11.3 Å². The fourth-order valence-electron chi connectivity index (χ4n) is 3.42. The van der Waals surface area contributed by atoms with E-state index in [2.05, 4.69) is 5.32 Å². The van der Waals surface area contributed by atoms with Crippen molar-refractivity contribution in [3.05, 3.63) is 90.7 Å². The monoisotopic (exact) mass is 426 g/mol. The van der Waals surface area contributed by atoms with E-state index in [9.17, 15) is 4.79 Å². The molecule has 0 spiro atoms. The van der Waals surface area contributed by atoms with Crippen LogP contribution in [0.3, 0.4) is 0 Å². The molecule has 1 N–H and O–H groups in total. The molecule has 3 aromatic carbocycles. The maximum absolute atomic E-state index is 12.9. The first kappa shape index (κ1) is 19.1. The van der Waals surface area contributed by atoms with Crippen LogP contribution in [-0.2, 0) is 0 Å². The van der Waals surface area contributed by atoms with E-state index in [-0.39, 0.29) is 11.7 Å². The van der Waals surface area contributed by atoms with Crippen LogP contribution in [0.1, 0.15) is 10.6 Å². The molecule has 0 saturated carbocycles. The van der Waals surface area contributed by atoms with Gasteiger partial charge in [0.05, 0.1) is 17.7 Å². The fraction of sp³-hybridized carbons (Fsp3) is 0.0400. The number of methoxy groups -OCH3 is 1. The number of furan rings is 1. The van der Waals surface area contributed by atoms with E-state index < -0.39 is 0 Å². The van der Waals surface area contributed by atoms with Gasteiger partial charge in [0.15, 0.2) is 22.2 Å². The molecule has 31 heavy (non-hydrogen) atoms. The summed E-state index contributed by atoms with van der Waals surface area (Å²) in [6.45, 7) is 0. The number of nitrogens with one attached hydrogen (secondary N) is 1. The van der Waals surface area contributed by atoms with E-state index in [0.717, 1.165) is 27.1 Å². The van der Waals surface area contributed by atoms with E-state index in [1.165, 1.54) is 11.3 Å². The van der Waals surface area contributed by atoms with Crippen LogP contribution < -0.4 is 10.1 Å². The number of aromatic nitrogens is 1. The Labute approximate surface area is 182 Å². The van der Waals surface area contributed by atoms with Gasteiger partial charge in [-0.15, -0.1) is 0 Å². The van der Waals surface area contributed by atoms with Crippen LogP contribution in [0.25, 0.3) is 32.7 Å². The third-order valence-corrected chi connectivity index (χ3v) is 5.90. The van der Waals surface area contributed by atoms with Crippen LogP contribution in [0.2, 0.25) is 0 Å². The minimum atomic E-state index is -0.355. The standard InChI is InChI=1S/C25H18N2O3S/c1-29-19-14-8-13-18-15-20(30-22(18)19)24(28)27-25-26-21(16-9-4-2-5-10-16)23(31-25)17-11-6-3-7-12-17/h2-15H,1H3,(H,26,27,28). The fourth-order valence-corrected chi connectivity index (χ4v) is 4.41. The SMILES string of the molecule is COc1cccc2cc(C(=O)Nc3nc(-c4ccccc4)c(-c4ccccc4)s3)oc12. The second kappa shape index (κ2) is 8.08. The first-order valence-corrected chi connectivity index (χ1v) is 10.5. The number of hydrogen-bond donors (Lipinski definition) is 1. The van der Waals surface area contributed by atoms with Crippen LogP contribution in [0, 0.1) is 0 Å². The Balaban J connectivity index is 1.51. The van der Waals surface area contributed by atoms with Gasteiger partial charge in [-0.05, 0) is 17.7 Å². The summed E-state index contributed by atoms with van der Waals surface area (Å²) in [5, 5.41) is 4.20. The third kappa shape index (κ3) is 3.69. The zero-order valence-corrected chi connectivity index (χ0v) is 17.5. The van der Waals surface area contributed by atoms with Crippen molar-refractivity contribution in [1.82, 2.24) is 4.98 Å². The normalized spacial score (nSPS) is 10.9. The number of anilines is 1. The minimum absolute atomic E-state index is 0.206. The van der Waals surface area contributed by atoms with Gasteiger partial charge in [-0.25, -0.2) is 4.98 Å². The predicted molar refractivity (Wildman–Crippen MR) is 124 cm³/mol. The Morgan fingerprint density at radius 3 is 2.35 bits per heavy atom. The van der Waals surface area contributed by atoms with Crippen molar-refractivity contribution < 1.29 is 13.9 Å². The zero-order chi connectivity index (χ0) is 21.2. The number of rotatable bonds is 5. The van der Waals surface area contributed by atoms with Gasteiger partial charge in [-0.3, -0.25) is 10.1 Å². The van der Waals surface area contributed by atoms with E-state index >= 15 is 0 Å². The number of nitrogens with zero attached hydrogens (tertiary/aromatic N) is 1. The lowest BCUT2D eigenvalue weighted by Crippen LogP contribution is -2.10. The van der Waals surface area contributed by atoms with Crippen molar-refractivity contribution in [2.24, 2.45) is 0 Å². The Hall–Kier alpha value is -3.90. The van der Waals surface area contributed by atoms with Crippen molar-refractivity contribution >= 4 is 33.3 Å². The summed E-state index contributed by atoms with van der Waals surface area (Å²) in [4.78, 5) is 18.6. The number of fused-ring (bicyclic) bond motifs is 1.